The van der Waals surface area contributed by atoms with Gasteiger partial charge in [0.25, 0.3) is 0 Å². The molecule has 1 rings (SSSR count). The second-order valence-electron chi connectivity index (χ2n) is 2.99. The molecule has 0 N–H and O–H groups in total. The normalized spacial score (nSPS) is 9.50. The molecule has 14 heavy (non-hydrogen) atoms. The van der Waals surface area contributed by atoms with E-state index in [0.29, 0.717) is 0 Å². The van der Waals surface area contributed by atoms with E-state index in [1.54, 1.807) is 0 Å². The van der Waals surface area contributed by atoms with E-state index in [9.17, 15) is 0 Å². The Hall–Kier alpha value is -0.940. The van der Waals surface area contributed by atoms with Crippen molar-refractivity contribution in [3.05, 3.63) is 28.2 Å². The fraction of sp³-hybridized carbons (Fsp3) is 0.333. The molecular weight excluding hydrogens is 240 g/mol. The van der Waals surface area contributed by atoms with Crippen LogP contribution in [0.25, 0.3) is 0 Å². The quantitative estimate of drug-likeness (QED) is 0.588. The van der Waals surface area contributed by atoms with Crippen LogP contribution in [0.15, 0.2) is 22.7 Å². The zero-order valence-corrected chi connectivity index (χ0v) is 9.80. The van der Waals surface area contributed by atoms with E-state index < -0.39 is 0 Å². The summed E-state index contributed by atoms with van der Waals surface area (Å²) in [5.74, 6) is 3.40. The molecule has 0 saturated heterocycles. The summed E-state index contributed by atoms with van der Waals surface area (Å²) in [5, 5.41) is 0. The van der Waals surface area contributed by atoms with E-state index in [1.165, 1.54) is 0 Å². The third-order valence-corrected chi connectivity index (χ3v) is 2.35. The lowest BCUT2D eigenvalue weighted by Crippen LogP contribution is -1.98. The molecule has 0 fully saturated rings. The molecule has 0 aliphatic rings. The van der Waals surface area contributed by atoms with Gasteiger partial charge in [0.1, 0.15) is 5.75 Å². The first-order valence-electron chi connectivity index (χ1n) is 4.67. The summed E-state index contributed by atoms with van der Waals surface area (Å²) < 4.78 is 6.54. The molecule has 0 spiro atoms. The standard InChI is InChI=1S/C12H13BrO/c1-3-5-8-14-12-7-6-11(13)9-10(12)4-2/h2,6-7,9H,3,5,8H2,1H3. The molecule has 1 nitrogen and oxygen atoms in total. The van der Waals surface area contributed by atoms with E-state index in [0.717, 1.165) is 35.2 Å². The number of benzene rings is 1. The fourth-order valence-corrected chi connectivity index (χ4v) is 1.43. The van der Waals surface area contributed by atoms with Crippen molar-refractivity contribution in [3.8, 4) is 18.1 Å². The minimum absolute atomic E-state index is 0.729. The van der Waals surface area contributed by atoms with Crippen LogP contribution in [-0.4, -0.2) is 6.61 Å². The number of rotatable bonds is 4. The van der Waals surface area contributed by atoms with Gasteiger partial charge in [0, 0.05) is 4.47 Å². The molecule has 0 aromatic heterocycles. The average Bonchev–Trinajstić information content (AvgIpc) is 2.20. The van der Waals surface area contributed by atoms with Gasteiger partial charge in [-0.1, -0.05) is 35.2 Å². The van der Waals surface area contributed by atoms with E-state index in [2.05, 4.69) is 28.8 Å². The van der Waals surface area contributed by atoms with Crippen LogP contribution in [0.2, 0.25) is 0 Å². The van der Waals surface area contributed by atoms with Crippen LogP contribution < -0.4 is 4.74 Å². The first-order chi connectivity index (χ1) is 6.77. The molecular formula is C12H13BrO. The Morgan fingerprint density at radius 2 is 2.29 bits per heavy atom. The Kier molecular flexibility index (Phi) is 4.55. The number of halogens is 1. The summed E-state index contributed by atoms with van der Waals surface area (Å²) in [5.41, 5.74) is 0.801. The second-order valence-corrected chi connectivity index (χ2v) is 3.90. The minimum Gasteiger partial charge on any atom is -0.492 e. The van der Waals surface area contributed by atoms with Gasteiger partial charge in [0.05, 0.1) is 12.2 Å². The molecule has 1 aromatic rings. The largest absolute Gasteiger partial charge is 0.492 e. The van der Waals surface area contributed by atoms with Gasteiger partial charge in [-0.05, 0) is 24.6 Å². The lowest BCUT2D eigenvalue weighted by Gasteiger charge is -2.07. The molecule has 0 atom stereocenters. The van der Waals surface area contributed by atoms with Crippen molar-refractivity contribution >= 4 is 15.9 Å². The summed E-state index contributed by atoms with van der Waals surface area (Å²) in [6, 6.07) is 5.72. The van der Waals surface area contributed by atoms with E-state index in [1.807, 2.05) is 18.2 Å². The summed E-state index contributed by atoms with van der Waals surface area (Å²) in [6.45, 7) is 2.86. The first-order valence-corrected chi connectivity index (χ1v) is 5.46. The molecule has 0 heterocycles. The number of terminal acetylenes is 1. The van der Waals surface area contributed by atoms with Gasteiger partial charge < -0.3 is 4.74 Å². The van der Waals surface area contributed by atoms with Gasteiger partial charge in [0.2, 0.25) is 0 Å². The van der Waals surface area contributed by atoms with Crippen molar-refractivity contribution in [1.29, 1.82) is 0 Å². The zero-order valence-electron chi connectivity index (χ0n) is 8.22. The summed E-state index contributed by atoms with van der Waals surface area (Å²) >= 11 is 3.37. The Morgan fingerprint density at radius 1 is 1.50 bits per heavy atom. The maximum absolute atomic E-state index is 5.56. The third-order valence-electron chi connectivity index (χ3n) is 1.85. The van der Waals surface area contributed by atoms with Crippen LogP contribution in [0.1, 0.15) is 25.3 Å². The number of hydrogen-bond acceptors (Lipinski definition) is 1. The zero-order chi connectivity index (χ0) is 10.4. The highest BCUT2D eigenvalue weighted by molar-refractivity contribution is 9.10. The second kappa shape index (κ2) is 5.72. The lowest BCUT2D eigenvalue weighted by atomic mass is 10.2. The Balaban J connectivity index is 2.72. The van der Waals surface area contributed by atoms with Crippen molar-refractivity contribution in [1.82, 2.24) is 0 Å². The van der Waals surface area contributed by atoms with E-state index >= 15 is 0 Å². The van der Waals surface area contributed by atoms with Crippen molar-refractivity contribution in [2.75, 3.05) is 6.61 Å². The van der Waals surface area contributed by atoms with Crippen molar-refractivity contribution in [3.63, 3.8) is 0 Å². The predicted molar refractivity (Wildman–Crippen MR) is 62.5 cm³/mol. The highest BCUT2D eigenvalue weighted by atomic mass is 79.9. The maximum atomic E-state index is 5.56. The van der Waals surface area contributed by atoms with Gasteiger partial charge in [-0.2, -0.15) is 0 Å². The minimum atomic E-state index is 0.729. The van der Waals surface area contributed by atoms with Crippen molar-refractivity contribution < 1.29 is 4.74 Å². The maximum Gasteiger partial charge on any atom is 0.134 e. The highest BCUT2D eigenvalue weighted by Gasteiger charge is 2.01. The fourth-order valence-electron chi connectivity index (χ4n) is 1.07. The third kappa shape index (κ3) is 3.08. The smallest absolute Gasteiger partial charge is 0.134 e. The predicted octanol–water partition coefficient (Wildman–Crippen LogP) is 3.61. The molecule has 74 valence electrons. The average molecular weight is 253 g/mol. The molecule has 0 bridgehead atoms. The van der Waals surface area contributed by atoms with E-state index in [-0.39, 0.29) is 0 Å². The molecule has 0 unspecified atom stereocenters. The van der Waals surface area contributed by atoms with Gasteiger partial charge in [-0.25, -0.2) is 0 Å². The van der Waals surface area contributed by atoms with Gasteiger partial charge in [-0.3, -0.25) is 0 Å². The highest BCUT2D eigenvalue weighted by Crippen LogP contribution is 2.22. The van der Waals surface area contributed by atoms with Crippen LogP contribution in [0.3, 0.4) is 0 Å². The van der Waals surface area contributed by atoms with Crippen molar-refractivity contribution in [2.24, 2.45) is 0 Å². The van der Waals surface area contributed by atoms with Crippen LogP contribution >= 0.6 is 15.9 Å². The molecule has 2 heteroatoms. The topological polar surface area (TPSA) is 9.23 Å². The monoisotopic (exact) mass is 252 g/mol. The van der Waals surface area contributed by atoms with Crippen LogP contribution in [0, 0.1) is 12.3 Å². The van der Waals surface area contributed by atoms with Gasteiger partial charge >= 0.3 is 0 Å². The Bertz CT molecular complexity index is 339. The lowest BCUT2D eigenvalue weighted by molar-refractivity contribution is 0.308. The van der Waals surface area contributed by atoms with Crippen LogP contribution in [0.5, 0.6) is 5.75 Å². The number of unbranched alkanes of at least 4 members (excludes halogenated alkanes) is 1. The molecule has 0 amide bonds. The summed E-state index contributed by atoms with van der Waals surface area (Å²) in [4.78, 5) is 0. The van der Waals surface area contributed by atoms with Gasteiger partial charge in [0.15, 0.2) is 0 Å². The number of ether oxygens (including phenoxy) is 1. The molecule has 0 saturated carbocycles. The van der Waals surface area contributed by atoms with Crippen LogP contribution in [0.4, 0.5) is 0 Å². The Labute approximate surface area is 93.6 Å². The summed E-state index contributed by atoms with van der Waals surface area (Å²) in [6.07, 6.45) is 7.56. The molecule has 0 aliphatic heterocycles. The van der Waals surface area contributed by atoms with Gasteiger partial charge in [-0.15, -0.1) is 6.42 Å². The van der Waals surface area contributed by atoms with Crippen LogP contribution in [-0.2, 0) is 0 Å². The SMILES string of the molecule is C#Cc1cc(Br)ccc1OCCCC. The molecule has 0 radical (unpaired) electrons. The summed E-state index contributed by atoms with van der Waals surface area (Å²) in [7, 11) is 0. The first kappa shape index (κ1) is 11.1. The Morgan fingerprint density at radius 3 is 2.93 bits per heavy atom. The molecule has 0 aliphatic carbocycles. The van der Waals surface area contributed by atoms with Crippen molar-refractivity contribution in [2.45, 2.75) is 19.8 Å². The van der Waals surface area contributed by atoms with E-state index in [4.69, 9.17) is 11.2 Å². The molecule has 1 aromatic carbocycles. The number of hydrogen-bond donors (Lipinski definition) is 0.